The number of halogens is 2. The summed E-state index contributed by atoms with van der Waals surface area (Å²) >= 11 is 12.4. The summed E-state index contributed by atoms with van der Waals surface area (Å²) in [5.74, 6) is 0. The summed E-state index contributed by atoms with van der Waals surface area (Å²) in [5.41, 5.74) is 1.15. The number of unbranched alkanes of at least 4 members (excludes halogenated alkanes) is 5. The molecular formula is C18H29Cl2N. The number of hydrogen-bond acceptors (Lipinski definition) is 1. The van der Waals surface area contributed by atoms with Crippen molar-refractivity contribution < 1.29 is 0 Å². The molecule has 3 heteroatoms. The fourth-order valence-corrected chi connectivity index (χ4v) is 3.10. The van der Waals surface area contributed by atoms with E-state index in [4.69, 9.17) is 23.2 Å². The van der Waals surface area contributed by atoms with Crippen LogP contribution in [0.15, 0.2) is 18.2 Å². The van der Waals surface area contributed by atoms with Crippen LogP contribution in [-0.4, -0.2) is 12.6 Å². The third-order valence-electron chi connectivity index (χ3n) is 3.90. The predicted molar refractivity (Wildman–Crippen MR) is 95.6 cm³/mol. The lowest BCUT2D eigenvalue weighted by molar-refractivity contribution is 0.460. The normalized spacial score (nSPS) is 12.6. The zero-order chi connectivity index (χ0) is 15.5. The monoisotopic (exact) mass is 329 g/mol. The molecule has 0 saturated heterocycles. The summed E-state index contributed by atoms with van der Waals surface area (Å²) in [5, 5.41) is 4.95. The largest absolute Gasteiger partial charge is 0.314 e. The molecule has 1 aromatic carbocycles. The minimum atomic E-state index is 0.497. The molecule has 21 heavy (non-hydrogen) atoms. The average molecular weight is 330 g/mol. The predicted octanol–water partition coefficient (Wildman–Crippen LogP) is 6.26. The topological polar surface area (TPSA) is 12.0 Å². The Morgan fingerprint density at radius 2 is 1.71 bits per heavy atom. The molecular weight excluding hydrogens is 301 g/mol. The van der Waals surface area contributed by atoms with Gasteiger partial charge in [-0.3, -0.25) is 0 Å². The van der Waals surface area contributed by atoms with Crippen molar-refractivity contribution in [1.29, 1.82) is 0 Å². The highest BCUT2D eigenvalue weighted by Crippen LogP contribution is 2.27. The van der Waals surface area contributed by atoms with Gasteiger partial charge in [0.05, 0.1) is 10.0 Å². The molecule has 1 rings (SSSR count). The third-order valence-corrected chi connectivity index (χ3v) is 4.75. The van der Waals surface area contributed by atoms with E-state index in [-0.39, 0.29) is 0 Å². The molecule has 1 nitrogen and oxygen atoms in total. The molecule has 0 heterocycles. The lowest BCUT2D eigenvalue weighted by Crippen LogP contribution is -2.31. The molecule has 0 spiro atoms. The van der Waals surface area contributed by atoms with Gasteiger partial charge in [-0.1, -0.05) is 87.7 Å². The van der Waals surface area contributed by atoms with Crippen LogP contribution >= 0.6 is 23.2 Å². The molecule has 0 aromatic heterocycles. The van der Waals surface area contributed by atoms with Crippen LogP contribution in [0, 0.1) is 0 Å². The molecule has 0 aliphatic rings. The summed E-state index contributed by atoms with van der Waals surface area (Å²) in [6.07, 6.45) is 10.2. The van der Waals surface area contributed by atoms with Gasteiger partial charge < -0.3 is 5.32 Å². The van der Waals surface area contributed by atoms with E-state index >= 15 is 0 Å². The van der Waals surface area contributed by atoms with Crippen LogP contribution in [0.3, 0.4) is 0 Å². The van der Waals surface area contributed by atoms with Crippen molar-refractivity contribution in [2.75, 3.05) is 6.54 Å². The molecule has 0 amide bonds. The van der Waals surface area contributed by atoms with Crippen molar-refractivity contribution in [3.05, 3.63) is 33.8 Å². The Kier molecular flexibility index (Phi) is 10.2. The molecule has 0 aliphatic heterocycles. The molecule has 1 unspecified atom stereocenters. The first-order chi connectivity index (χ1) is 10.2. The van der Waals surface area contributed by atoms with Gasteiger partial charge in [0.2, 0.25) is 0 Å². The van der Waals surface area contributed by atoms with Crippen LogP contribution in [-0.2, 0) is 6.42 Å². The smallest absolute Gasteiger partial charge is 0.0624 e. The first kappa shape index (κ1) is 18.8. The Labute approximate surface area is 140 Å². The Hall–Kier alpha value is -0.240. The third kappa shape index (κ3) is 7.54. The van der Waals surface area contributed by atoms with Crippen LogP contribution in [0.1, 0.15) is 64.4 Å². The molecule has 1 atom stereocenters. The van der Waals surface area contributed by atoms with Crippen molar-refractivity contribution in [1.82, 2.24) is 5.32 Å². The second-order valence-electron chi connectivity index (χ2n) is 5.73. The second kappa shape index (κ2) is 11.3. The molecule has 0 bridgehead atoms. The molecule has 1 N–H and O–H groups in total. The van der Waals surface area contributed by atoms with Crippen molar-refractivity contribution in [3.63, 3.8) is 0 Å². The van der Waals surface area contributed by atoms with Crippen LogP contribution in [0.4, 0.5) is 0 Å². The highest BCUT2D eigenvalue weighted by Gasteiger charge is 2.12. The van der Waals surface area contributed by atoms with Gasteiger partial charge in [-0.05, 0) is 31.0 Å². The zero-order valence-corrected chi connectivity index (χ0v) is 14.9. The van der Waals surface area contributed by atoms with Crippen LogP contribution in [0.25, 0.3) is 0 Å². The summed E-state index contributed by atoms with van der Waals surface area (Å²) in [6, 6.07) is 6.41. The molecule has 0 saturated carbocycles. The van der Waals surface area contributed by atoms with Gasteiger partial charge in [-0.2, -0.15) is 0 Å². The number of rotatable bonds is 11. The number of nitrogens with one attached hydrogen (secondary N) is 1. The summed E-state index contributed by atoms with van der Waals surface area (Å²) < 4.78 is 0. The van der Waals surface area contributed by atoms with Crippen molar-refractivity contribution in [2.45, 2.75) is 71.3 Å². The van der Waals surface area contributed by atoms with Gasteiger partial charge >= 0.3 is 0 Å². The Bertz CT molecular complexity index is 393. The van der Waals surface area contributed by atoms with Gasteiger partial charge in [0.25, 0.3) is 0 Å². The first-order valence-electron chi connectivity index (χ1n) is 8.35. The van der Waals surface area contributed by atoms with Crippen LogP contribution < -0.4 is 5.32 Å². The second-order valence-corrected chi connectivity index (χ2v) is 6.51. The standard InChI is InChI=1S/C18H29Cl2N/c1-3-5-6-7-8-9-12-16(21-4-2)14-15-11-10-13-17(19)18(15)20/h10-11,13,16,21H,3-9,12,14H2,1-2H3. The minimum Gasteiger partial charge on any atom is -0.314 e. The van der Waals surface area contributed by atoms with E-state index in [0.717, 1.165) is 18.5 Å². The van der Waals surface area contributed by atoms with E-state index in [9.17, 15) is 0 Å². The zero-order valence-electron chi connectivity index (χ0n) is 13.4. The van der Waals surface area contributed by atoms with Gasteiger partial charge in [0, 0.05) is 6.04 Å². The SMILES string of the molecule is CCCCCCCCC(Cc1cccc(Cl)c1Cl)NCC. The lowest BCUT2D eigenvalue weighted by Gasteiger charge is -2.19. The maximum absolute atomic E-state index is 6.30. The molecule has 1 aromatic rings. The number of hydrogen-bond donors (Lipinski definition) is 1. The highest BCUT2D eigenvalue weighted by molar-refractivity contribution is 6.42. The maximum atomic E-state index is 6.30. The van der Waals surface area contributed by atoms with Crippen molar-refractivity contribution in [2.24, 2.45) is 0 Å². The highest BCUT2D eigenvalue weighted by atomic mass is 35.5. The fraction of sp³-hybridized carbons (Fsp3) is 0.667. The Morgan fingerprint density at radius 1 is 1.00 bits per heavy atom. The van der Waals surface area contributed by atoms with E-state index in [1.165, 1.54) is 44.9 Å². The first-order valence-corrected chi connectivity index (χ1v) is 9.10. The Balaban J connectivity index is 2.40. The average Bonchev–Trinajstić information content (AvgIpc) is 2.47. The van der Waals surface area contributed by atoms with E-state index in [1.54, 1.807) is 0 Å². The fourth-order valence-electron chi connectivity index (χ4n) is 2.71. The molecule has 120 valence electrons. The number of likely N-dealkylation sites (N-methyl/N-ethyl adjacent to an activating group) is 1. The summed E-state index contributed by atoms with van der Waals surface area (Å²) in [4.78, 5) is 0. The quantitative estimate of drug-likeness (QED) is 0.472. The van der Waals surface area contributed by atoms with Crippen LogP contribution in [0.5, 0.6) is 0 Å². The molecule has 0 fully saturated rings. The van der Waals surface area contributed by atoms with Gasteiger partial charge in [-0.15, -0.1) is 0 Å². The Morgan fingerprint density at radius 3 is 2.43 bits per heavy atom. The minimum absolute atomic E-state index is 0.497. The van der Waals surface area contributed by atoms with Gasteiger partial charge in [0.1, 0.15) is 0 Å². The number of benzene rings is 1. The van der Waals surface area contributed by atoms with Crippen molar-refractivity contribution >= 4 is 23.2 Å². The summed E-state index contributed by atoms with van der Waals surface area (Å²) in [7, 11) is 0. The van der Waals surface area contributed by atoms with Crippen LogP contribution in [0.2, 0.25) is 10.0 Å². The lowest BCUT2D eigenvalue weighted by atomic mass is 9.99. The van der Waals surface area contributed by atoms with E-state index in [0.29, 0.717) is 16.1 Å². The molecule has 0 aliphatic carbocycles. The van der Waals surface area contributed by atoms with E-state index < -0.39 is 0 Å². The van der Waals surface area contributed by atoms with Crippen molar-refractivity contribution in [3.8, 4) is 0 Å². The summed E-state index contributed by atoms with van der Waals surface area (Å²) in [6.45, 7) is 5.42. The maximum Gasteiger partial charge on any atom is 0.0624 e. The van der Waals surface area contributed by atoms with Gasteiger partial charge in [0.15, 0.2) is 0 Å². The van der Waals surface area contributed by atoms with Gasteiger partial charge in [-0.25, -0.2) is 0 Å². The van der Waals surface area contributed by atoms with E-state index in [1.807, 2.05) is 12.1 Å². The molecule has 0 radical (unpaired) electrons. The van der Waals surface area contributed by atoms with E-state index in [2.05, 4.69) is 25.2 Å².